The zero-order valence-electron chi connectivity index (χ0n) is 9.64. The third kappa shape index (κ3) is 2.65. The highest BCUT2D eigenvalue weighted by atomic mass is 19.1. The van der Waals surface area contributed by atoms with Gasteiger partial charge in [-0.1, -0.05) is 0 Å². The van der Waals surface area contributed by atoms with E-state index in [0.29, 0.717) is 18.0 Å². The van der Waals surface area contributed by atoms with Gasteiger partial charge in [0.15, 0.2) is 0 Å². The highest BCUT2D eigenvalue weighted by Gasteiger charge is 2.13. The van der Waals surface area contributed by atoms with E-state index in [1.54, 1.807) is 0 Å². The molecule has 18 heavy (non-hydrogen) atoms. The largest absolute Gasteiger partial charge is 0.465 e. The molecule has 2 rings (SSSR count). The number of anilines is 1. The molecule has 0 unspecified atom stereocenters. The van der Waals surface area contributed by atoms with Crippen LogP contribution >= 0.6 is 0 Å². The van der Waals surface area contributed by atoms with E-state index in [1.807, 2.05) is 19.1 Å². The Morgan fingerprint density at radius 3 is 2.72 bits per heavy atom. The molecule has 0 aliphatic carbocycles. The summed E-state index contributed by atoms with van der Waals surface area (Å²) in [5.74, 6) is 0.647. The van der Waals surface area contributed by atoms with Crippen LogP contribution in [0.5, 0.6) is 0 Å². The van der Waals surface area contributed by atoms with Crippen LogP contribution in [0.15, 0.2) is 34.7 Å². The van der Waals surface area contributed by atoms with Crippen LogP contribution in [0.4, 0.5) is 15.8 Å². The maximum absolute atomic E-state index is 13.3. The third-order valence-corrected chi connectivity index (χ3v) is 2.41. The van der Waals surface area contributed by atoms with Crippen molar-refractivity contribution >= 4 is 11.4 Å². The highest BCUT2D eigenvalue weighted by Crippen LogP contribution is 2.21. The van der Waals surface area contributed by atoms with E-state index in [4.69, 9.17) is 4.42 Å². The summed E-state index contributed by atoms with van der Waals surface area (Å²) in [5, 5.41) is 13.4. The number of rotatable bonds is 4. The first-order valence-corrected chi connectivity index (χ1v) is 5.29. The molecule has 1 aromatic carbocycles. The number of benzene rings is 1. The Bertz CT molecular complexity index is 580. The molecular weight excluding hydrogens is 239 g/mol. The van der Waals surface area contributed by atoms with Gasteiger partial charge in [0.25, 0.3) is 0 Å². The summed E-state index contributed by atoms with van der Waals surface area (Å²) in [6, 6.07) is 7.31. The lowest BCUT2D eigenvalue weighted by Gasteiger charge is -2.04. The lowest BCUT2D eigenvalue weighted by Crippen LogP contribution is -2.00. The minimum absolute atomic E-state index is 0.394. The maximum atomic E-state index is 13.3. The highest BCUT2D eigenvalue weighted by molar-refractivity contribution is 5.49. The fourth-order valence-corrected chi connectivity index (χ4v) is 1.53. The fraction of sp³-hybridized carbons (Fsp3) is 0.167. The maximum Gasteiger partial charge on any atom is 0.304 e. The Morgan fingerprint density at radius 1 is 1.39 bits per heavy atom. The van der Waals surface area contributed by atoms with Crippen molar-refractivity contribution in [2.45, 2.75) is 13.5 Å². The summed E-state index contributed by atoms with van der Waals surface area (Å²) in [6.45, 7) is 2.22. The minimum Gasteiger partial charge on any atom is -0.465 e. The van der Waals surface area contributed by atoms with Gasteiger partial charge >= 0.3 is 5.69 Å². The van der Waals surface area contributed by atoms with Gasteiger partial charge in [-0.2, -0.15) is 4.39 Å². The Morgan fingerprint density at radius 2 is 2.17 bits per heavy atom. The van der Waals surface area contributed by atoms with E-state index in [0.717, 1.165) is 17.9 Å². The predicted octanol–water partition coefficient (Wildman–Crippen LogP) is 3.25. The van der Waals surface area contributed by atoms with Crippen molar-refractivity contribution < 1.29 is 13.7 Å². The van der Waals surface area contributed by atoms with E-state index >= 15 is 0 Å². The molecular formula is C12H11FN2O3. The summed E-state index contributed by atoms with van der Waals surface area (Å²) in [5.41, 5.74) is -0.0680. The Kier molecular flexibility index (Phi) is 3.27. The van der Waals surface area contributed by atoms with Crippen LogP contribution in [-0.4, -0.2) is 4.92 Å². The van der Waals surface area contributed by atoms with Crippen molar-refractivity contribution in [3.8, 4) is 0 Å². The molecule has 0 radical (unpaired) electrons. The van der Waals surface area contributed by atoms with E-state index in [2.05, 4.69) is 5.32 Å². The zero-order chi connectivity index (χ0) is 13.1. The number of halogens is 1. The van der Waals surface area contributed by atoms with E-state index < -0.39 is 16.4 Å². The van der Waals surface area contributed by atoms with Gasteiger partial charge in [0.2, 0.25) is 5.82 Å². The quantitative estimate of drug-likeness (QED) is 0.668. The summed E-state index contributed by atoms with van der Waals surface area (Å²) in [4.78, 5) is 9.69. The molecule has 0 atom stereocenters. The monoisotopic (exact) mass is 250 g/mol. The number of nitro benzene ring substituents is 1. The summed E-state index contributed by atoms with van der Waals surface area (Å²) in [6.07, 6.45) is 0. The van der Waals surface area contributed by atoms with Gasteiger partial charge in [0.05, 0.1) is 11.5 Å². The molecule has 0 bridgehead atoms. The number of hydrogen-bond acceptors (Lipinski definition) is 4. The SMILES string of the molecule is Cc1ccc(CNc2ccc([N+](=O)[O-])c(F)c2)o1. The van der Waals surface area contributed by atoms with Gasteiger partial charge in [0, 0.05) is 17.8 Å². The average molecular weight is 250 g/mol. The van der Waals surface area contributed by atoms with Gasteiger partial charge in [-0.05, 0) is 25.1 Å². The molecule has 6 heteroatoms. The molecule has 0 spiro atoms. The van der Waals surface area contributed by atoms with Crippen molar-refractivity contribution in [3.05, 3.63) is 57.8 Å². The van der Waals surface area contributed by atoms with E-state index in [1.165, 1.54) is 6.07 Å². The number of furan rings is 1. The first kappa shape index (κ1) is 12.1. The topological polar surface area (TPSA) is 68.3 Å². The molecule has 0 saturated heterocycles. The number of hydrogen-bond donors (Lipinski definition) is 1. The average Bonchev–Trinajstić information content (AvgIpc) is 2.72. The van der Waals surface area contributed by atoms with Crippen LogP contribution in [0.1, 0.15) is 11.5 Å². The number of aryl methyl sites for hydroxylation is 1. The molecule has 0 aliphatic rings. The van der Waals surface area contributed by atoms with Crippen LogP contribution < -0.4 is 5.32 Å². The number of nitro groups is 1. The second-order valence-electron chi connectivity index (χ2n) is 3.79. The van der Waals surface area contributed by atoms with Crippen LogP contribution in [0.2, 0.25) is 0 Å². The van der Waals surface area contributed by atoms with Crippen LogP contribution in [0.3, 0.4) is 0 Å². The molecule has 1 N–H and O–H groups in total. The van der Waals surface area contributed by atoms with Gasteiger partial charge in [-0.15, -0.1) is 0 Å². The van der Waals surface area contributed by atoms with E-state index in [-0.39, 0.29) is 0 Å². The smallest absolute Gasteiger partial charge is 0.304 e. The summed E-state index contributed by atoms with van der Waals surface area (Å²) < 4.78 is 18.7. The van der Waals surface area contributed by atoms with Crippen LogP contribution in [0, 0.1) is 22.9 Å². The molecule has 0 aliphatic heterocycles. The Labute approximate surface area is 102 Å². The fourth-order valence-electron chi connectivity index (χ4n) is 1.53. The number of nitrogens with zero attached hydrogens (tertiary/aromatic N) is 1. The summed E-state index contributed by atoms with van der Waals surface area (Å²) >= 11 is 0. The predicted molar refractivity (Wildman–Crippen MR) is 63.8 cm³/mol. The standard InChI is InChI=1S/C12H11FN2O3/c1-8-2-4-10(18-8)7-14-9-3-5-12(15(16)17)11(13)6-9/h2-6,14H,7H2,1H3. The van der Waals surface area contributed by atoms with Gasteiger partial charge in [-0.3, -0.25) is 10.1 Å². The second kappa shape index (κ2) is 4.87. The zero-order valence-corrected chi connectivity index (χ0v) is 9.64. The molecule has 5 nitrogen and oxygen atoms in total. The lowest BCUT2D eigenvalue weighted by molar-refractivity contribution is -0.387. The van der Waals surface area contributed by atoms with Crippen molar-refractivity contribution in [1.29, 1.82) is 0 Å². The van der Waals surface area contributed by atoms with Gasteiger partial charge in [-0.25, -0.2) is 0 Å². The molecule has 0 amide bonds. The molecule has 2 aromatic rings. The number of nitrogens with one attached hydrogen (secondary N) is 1. The van der Waals surface area contributed by atoms with Crippen molar-refractivity contribution in [2.24, 2.45) is 0 Å². The second-order valence-corrected chi connectivity index (χ2v) is 3.79. The summed E-state index contributed by atoms with van der Waals surface area (Å²) in [7, 11) is 0. The Hall–Kier alpha value is -2.37. The molecule has 0 fully saturated rings. The van der Waals surface area contributed by atoms with Gasteiger partial charge in [0.1, 0.15) is 11.5 Å². The first-order valence-electron chi connectivity index (χ1n) is 5.29. The minimum atomic E-state index is -0.861. The molecule has 94 valence electrons. The van der Waals surface area contributed by atoms with Gasteiger partial charge < -0.3 is 9.73 Å². The Balaban J connectivity index is 2.06. The lowest BCUT2D eigenvalue weighted by atomic mass is 10.2. The normalized spacial score (nSPS) is 10.3. The third-order valence-electron chi connectivity index (χ3n) is 2.41. The van der Waals surface area contributed by atoms with E-state index in [9.17, 15) is 14.5 Å². The van der Waals surface area contributed by atoms with Crippen LogP contribution in [-0.2, 0) is 6.54 Å². The molecule has 0 saturated carbocycles. The first-order chi connectivity index (χ1) is 8.56. The van der Waals surface area contributed by atoms with Crippen molar-refractivity contribution in [3.63, 3.8) is 0 Å². The van der Waals surface area contributed by atoms with Crippen molar-refractivity contribution in [2.75, 3.05) is 5.32 Å². The molecule has 1 heterocycles. The molecule has 1 aromatic heterocycles. The van der Waals surface area contributed by atoms with Crippen molar-refractivity contribution in [1.82, 2.24) is 0 Å². The van der Waals surface area contributed by atoms with Crippen LogP contribution in [0.25, 0.3) is 0 Å².